The molecule has 0 rings (SSSR count). The summed E-state index contributed by atoms with van der Waals surface area (Å²) in [5.41, 5.74) is 0. The minimum absolute atomic E-state index is 0.455. The van der Waals surface area contributed by atoms with E-state index in [0.29, 0.717) is 0 Å². The van der Waals surface area contributed by atoms with Crippen molar-refractivity contribution in [3.63, 3.8) is 0 Å². The molecule has 0 unspecified atom stereocenters. The molecule has 0 heterocycles. The molecule has 0 bridgehead atoms. The average molecular weight is 122 g/mol. The van der Waals surface area contributed by atoms with Crippen LogP contribution in [0.15, 0.2) is 12.7 Å². The maximum absolute atomic E-state index is 11.8. The quantitative estimate of drug-likeness (QED) is 0.557. The molecule has 0 aromatic heterocycles. The van der Waals surface area contributed by atoms with Crippen LogP contribution in [0.25, 0.3) is 0 Å². The van der Waals surface area contributed by atoms with Crippen molar-refractivity contribution in [2.75, 3.05) is 6.61 Å². The molecule has 0 aromatic rings. The molecular weight excluding hydrogens is 114 g/mol. The number of halogens is 2. The largest absolute Gasteiger partial charge is 0.390 e. The van der Waals surface area contributed by atoms with Crippen LogP contribution in [0.3, 0.4) is 0 Å². The lowest BCUT2D eigenvalue weighted by molar-refractivity contribution is -0.0465. The van der Waals surface area contributed by atoms with Crippen LogP contribution in [0.5, 0.6) is 0 Å². The summed E-state index contributed by atoms with van der Waals surface area (Å²) in [6, 6.07) is 0. The van der Waals surface area contributed by atoms with E-state index in [4.69, 9.17) is 5.11 Å². The van der Waals surface area contributed by atoms with Gasteiger partial charge in [-0.1, -0.05) is 6.08 Å². The molecule has 0 aliphatic carbocycles. The molecule has 0 aliphatic heterocycles. The van der Waals surface area contributed by atoms with E-state index in [1.807, 2.05) is 0 Å². The van der Waals surface area contributed by atoms with Crippen LogP contribution in [0.4, 0.5) is 8.78 Å². The fourth-order valence-electron chi connectivity index (χ4n) is 0.276. The summed E-state index contributed by atoms with van der Waals surface area (Å²) in [6.45, 7) is 2.00. The van der Waals surface area contributed by atoms with Gasteiger partial charge < -0.3 is 5.11 Å². The Hall–Kier alpha value is -0.440. The van der Waals surface area contributed by atoms with Crippen LogP contribution in [0.2, 0.25) is 0 Å². The van der Waals surface area contributed by atoms with Gasteiger partial charge in [0, 0.05) is 6.42 Å². The maximum atomic E-state index is 11.8. The highest BCUT2D eigenvalue weighted by atomic mass is 19.3. The number of allylic oxidation sites excluding steroid dienone is 1. The van der Waals surface area contributed by atoms with Gasteiger partial charge in [0.1, 0.15) is 6.61 Å². The van der Waals surface area contributed by atoms with E-state index in [2.05, 4.69) is 6.58 Å². The molecular formula is C5H8F2O. The summed E-state index contributed by atoms with van der Waals surface area (Å²) in [6.07, 6.45) is 0.625. The van der Waals surface area contributed by atoms with Crippen molar-refractivity contribution in [1.29, 1.82) is 0 Å². The second-order valence-corrected chi connectivity index (χ2v) is 1.51. The third-order valence-electron chi connectivity index (χ3n) is 0.674. The highest BCUT2D eigenvalue weighted by Crippen LogP contribution is 2.16. The van der Waals surface area contributed by atoms with Crippen LogP contribution >= 0.6 is 0 Å². The molecule has 0 spiro atoms. The zero-order valence-electron chi connectivity index (χ0n) is 4.40. The van der Waals surface area contributed by atoms with Gasteiger partial charge in [-0.25, -0.2) is 8.78 Å². The summed E-state index contributed by atoms with van der Waals surface area (Å²) in [5.74, 6) is -2.97. The molecule has 0 aliphatic rings. The topological polar surface area (TPSA) is 20.2 Å². The Morgan fingerprint density at radius 1 is 1.62 bits per heavy atom. The van der Waals surface area contributed by atoms with Crippen molar-refractivity contribution in [2.24, 2.45) is 0 Å². The minimum atomic E-state index is -2.97. The Bertz CT molecular complexity index is 80.5. The van der Waals surface area contributed by atoms with Crippen LogP contribution in [-0.4, -0.2) is 17.6 Å². The first kappa shape index (κ1) is 7.56. The van der Waals surface area contributed by atoms with Crippen LogP contribution in [0, 0.1) is 0 Å². The molecule has 0 fully saturated rings. The van der Waals surface area contributed by atoms with Gasteiger partial charge >= 0.3 is 0 Å². The molecule has 8 heavy (non-hydrogen) atoms. The van der Waals surface area contributed by atoms with E-state index >= 15 is 0 Å². The van der Waals surface area contributed by atoms with E-state index in [9.17, 15) is 8.78 Å². The molecule has 0 saturated heterocycles. The molecule has 48 valence electrons. The zero-order valence-corrected chi connectivity index (χ0v) is 4.40. The van der Waals surface area contributed by atoms with E-state index in [1.165, 1.54) is 0 Å². The summed E-state index contributed by atoms with van der Waals surface area (Å²) in [7, 11) is 0. The normalized spacial score (nSPS) is 11.4. The fraction of sp³-hybridized carbons (Fsp3) is 0.600. The van der Waals surface area contributed by atoms with E-state index in [0.717, 1.165) is 6.08 Å². The lowest BCUT2D eigenvalue weighted by atomic mass is 10.2. The van der Waals surface area contributed by atoms with Crippen LogP contribution in [0.1, 0.15) is 6.42 Å². The van der Waals surface area contributed by atoms with Gasteiger partial charge in [-0.15, -0.1) is 6.58 Å². The standard InChI is InChI=1S/C5H8F2O/c1-2-3-5(6,7)4-8/h2,8H,1,3-4H2. The lowest BCUT2D eigenvalue weighted by Crippen LogP contribution is -2.19. The van der Waals surface area contributed by atoms with Crippen LogP contribution in [-0.2, 0) is 0 Å². The van der Waals surface area contributed by atoms with Gasteiger partial charge in [0.15, 0.2) is 0 Å². The number of alkyl halides is 2. The predicted octanol–water partition coefficient (Wildman–Crippen LogP) is 1.19. The number of hydrogen-bond acceptors (Lipinski definition) is 1. The second kappa shape index (κ2) is 2.77. The third kappa shape index (κ3) is 2.69. The van der Waals surface area contributed by atoms with Crippen molar-refractivity contribution in [3.8, 4) is 0 Å². The van der Waals surface area contributed by atoms with Crippen molar-refractivity contribution >= 4 is 0 Å². The number of aliphatic hydroxyl groups is 1. The lowest BCUT2D eigenvalue weighted by Gasteiger charge is -2.07. The highest BCUT2D eigenvalue weighted by Gasteiger charge is 2.24. The van der Waals surface area contributed by atoms with Gasteiger partial charge in [0.25, 0.3) is 5.92 Å². The molecule has 0 radical (unpaired) electrons. The van der Waals surface area contributed by atoms with Gasteiger partial charge in [-0.2, -0.15) is 0 Å². The van der Waals surface area contributed by atoms with Crippen molar-refractivity contribution in [1.82, 2.24) is 0 Å². The highest BCUT2D eigenvalue weighted by molar-refractivity contribution is 4.77. The van der Waals surface area contributed by atoms with Gasteiger partial charge in [-0.3, -0.25) is 0 Å². The molecule has 0 saturated carbocycles. The van der Waals surface area contributed by atoms with Crippen molar-refractivity contribution < 1.29 is 13.9 Å². The van der Waals surface area contributed by atoms with E-state index in [-0.39, 0.29) is 0 Å². The monoisotopic (exact) mass is 122 g/mol. The van der Waals surface area contributed by atoms with Gasteiger partial charge in [-0.05, 0) is 0 Å². The molecule has 0 amide bonds. The fourth-order valence-corrected chi connectivity index (χ4v) is 0.276. The second-order valence-electron chi connectivity index (χ2n) is 1.51. The first-order valence-corrected chi connectivity index (χ1v) is 2.22. The summed E-state index contributed by atoms with van der Waals surface area (Å²) < 4.78 is 23.7. The van der Waals surface area contributed by atoms with E-state index in [1.54, 1.807) is 0 Å². The van der Waals surface area contributed by atoms with Crippen molar-refractivity contribution in [3.05, 3.63) is 12.7 Å². The minimum Gasteiger partial charge on any atom is -0.390 e. The molecule has 3 heteroatoms. The number of rotatable bonds is 3. The SMILES string of the molecule is C=CCC(F)(F)CO. The predicted molar refractivity (Wildman–Crippen MR) is 26.8 cm³/mol. The zero-order chi connectivity index (χ0) is 6.62. The average Bonchev–Trinajstić information content (AvgIpc) is 1.67. The molecule has 1 N–H and O–H groups in total. The van der Waals surface area contributed by atoms with E-state index < -0.39 is 19.0 Å². The number of hydrogen-bond donors (Lipinski definition) is 1. The summed E-state index contributed by atoms with van der Waals surface area (Å²) >= 11 is 0. The Morgan fingerprint density at radius 3 is 2.25 bits per heavy atom. The summed E-state index contributed by atoms with van der Waals surface area (Å²) in [5, 5.41) is 7.93. The first-order valence-electron chi connectivity index (χ1n) is 2.22. The Balaban J connectivity index is 3.53. The Kier molecular flexibility index (Phi) is 2.62. The Morgan fingerprint density at radius 2 is 2.12 bits per heavy atom. The third-order valence-corrected chi connectivity index (χ3v) is 0.674. The maximum Gasteiger partial charge on any atom is 0.274 e. The summed E-state index contributed by atoms with van der Waals surface area (Å²) in [4.78, 5) is 0. The molecule has 0 aromatic carbocycles. The number of aliphatic hydroxyl groups excluding tert-OH is 1. The van der Waals surface area contributed by atoms with Crippen LogP contribution < -0.4 is 0 Å². The molecule has 0 atom stereocenters. The smallest absolute Gasteiger partial charge is 0.274 e. The Labute approximate surface area is 46.6 Å². The van der Waals surface area contributed by atoms with Gasteiger partial charge in [0.2, 0.25) is 0 Å². The molecule has 1 nitrogen and oxygen atoms in total. The van der Waals surface area contributed by atoms with Crippen molar-refractivity contribution in [2.45, 2.75) is 12.3 Å². The van der Waals surface area contributed by atoms with Gasteiger partial charge in [0.05, 0.1) is 0 Å². The first-order chi connectivity index (χ1) is 3.62.